The van der Waals surface area contributed by atoms with Crippen molar-refractivity contribution in [1.29, 1.82) is 0 Å². The fraction of sp³-hybridized carbons (Fsp3) is 0.300. The molecule has 28 heavy (non-hydrogen) atoms. The van der Waals surface area contributed by atoms with Crippen LogP contribution in [0.4, 0.5) is 8.78 Å². The maximum absolute atomic E-state index is 13.8. The van der Waals surface area contributed by atoms with E-state index >= 15 is 0 Å². The monoisotopic (exact) mass is 428 g/mol. The van der Waals surface area contributed by atoms with E-state index in [0.717, 1.165) is 18.2 Å². The molecule has 8 heteroatoms. The predicted molar refractivity (Wildman–Crippen MR) is 105 cm³/mol. The largest absolute Gasteiger partial charge is 0.348 e. The van der Waals surface area contributed by atoms with Crippen molar-refractivity contribution in [3.8, 4) is 0 Å². The molecule has 0 aliphatic heterocycles. The van der Waals surface area contributed by atoms with Gasteiger partial charge in [0.05, 0.1) is 6.04 Å². The van der Waals surface area contributed by atoms with Crippen LogP contribution in [0.5, 0.6) is 0 Å². The number of halogens is 4. The number of carbonyl (C=O) groups excluding carboxylic acids is 2. The molecule has 0 radical (unpaired) electrons. The van der Waals surface area contributed by atoms with Crippen LogP contribution in [0.2, 0.25) is 10.0 Å². The third-order valence-electron chi connectivity index (χ3n) is 4.21. The fourth-order valence-electron chi connectivity index (χ4n) is 2.70. The van der Waals surface area contributed by atoms with Crippen LogP contribution in [0, 0.1) is 17.6 Å². The molecule has 0 saturated heterocycles. The number of hydrogen-bond donors (Lipinski definition) is 2. The third-order valence-corrected chi connectivity index (χ3v) is 4.78. The lowest BCUT2D eigenvalue weighted by molar-refractivity contribution is -0.124. The Bertz CT molecular complexity index is 870. The minimum absolute atomic E-state index is 0.327. The summed E-state index contributed by atoms with van der Waals surface area (Å²) in [6.45, 7) is 5.15. The zero-order chi connectivity index (χ0) is 21.0. The molecule has 0 bridgehead atoms. The first kappa shape index (κ1) is 22.1. The number of benzene rings is 2. The molecule has 2 aromatic rings. The third kappa shape index (κ3) is 5.20. The average Bonchev–Trinajstić information content (AvgIpc) is 2.58. The van der Waals surface area contributed by atoms with Crippen LogP contribution in [0.25, 0.3) is 0 Å². The highest BCUT2D eigenvalue weighted by atomic mass is 35.5. The Labute approximate surface area is 172 Å². The summed E-state index contributed by atoms with van der Waals surface area (Å²) in [6, 6.07) is 6.54. The van der Waals surface area contributed by atoms with Crippen molar-refractivity contribution in [2.24, 2.45) is 5.92 Å². The Morgan fingerprint density at radius 2 is 1.57 bits per heavy atom. The minimum Gasteiger partial charge on any atom is -0.348 e. The molecular weight excluding hydrogens is 409 g/mol. The molecule has 0 heterocycles. The molecule has 2 atom stereocenters. The molecule has 2 unspecified atom stereocenters. The van der Waals surface area contributed by atoms with E-state index in [0.29, 0.717) is 15.6 Å². The summed E-state index contributed by atoms with van der Waals surface area (Å²) in [5, 5.41) is 6.02. The standard InChI is InChI=1S/C20H20Cl2F2N2O2/c1-10(2)18(26-19(27)17-15(23)5-4-6-16(17)24)20(28)25-11(3)13-8-7-12(21)9-14(13)22/h4-11,18H,1-3H3,(H,25,28)(H,26,27). The first-order valence-corrected chi connectivity index (χ1v) is 9.37. The van der Waals surface area contributed by atoms with Crippen molar-refractivity contribution in [2.75, 3.05) is 0 Å². The molecule has 0 aromatic heterocycles. The van der Waals surface area contributed by atoms with Crippen LogP contribution in [0.3, 0.4) is 0 Å². The van der Waals surface area contributed by atoms with Gasteiger partial charge in [0.25, 0.3) is 5.91 Å². The fourth-order valence-corrected chi connectivity index (χ4v) is 3.27. The van der Waals surface area contributed by atoms with E-state index in [-0.39, 0.29) is 5.92 Å². The van der Waals surface area contributed by atoms with Crippen LogP contribution < -0.4 is 10.6 Å². The zero-order valence-corrected chi connectivity index (χ0v) is 17.0. The van der Waals surface area contributed by atoms with E-state index in [2.05, 4.69) is 10.6 Å². The lowest BCUT2D eigenvalue weighted by atomic mass is 10.0. The lowest BCUT2D eigenvalue weighted by Crippen LogP contribution is -2.50. The van der Waals surface area contributed by atoms with Gasteiger partial charge in [-0.1, -0.05) is 49.2 Å². The topological polar surface area (TPSA) is 58.2 Å². The minimum atomic E-state index is -1.000. The molecule has 0 saturated carbocycles. The smallest absolute Gasteiger partial charge is 0.257 e. The normalized spacial score (nSPS) is 13.1. The summed E-state index contributed by atoms with van der Waals surface area (Å²) >= 11 is 12.0. The van der Waals surface area contributed by atoms with Gasteiger partial charge in [0, 0.05) is 10.0 Å². The van der Waals surface area contributed by atoms with Gasteiger partial charge >= 0.3 is 0 Å². The molecule has 4 nitrogen and oxygen atoms in total. The van der Waals surface area contributed by atoms with E-state index in [9.17, 15) is 18.4 Å². The second kappa shape index (κ2) is 9.34. The van der Waals surface area contributed by atoms with Crippen LogP contribution >= 0.6 is 23.2 Å². The highest BCUT2D eigenvalue weighted by Crippen LogP contribution is 2.26. The maximum Gasteiger partial charge on any atom is 0.257 e. The molecular formula is C20H20Cl2F2N2O2. The van der Waals surface area contributed by atoms with Crippen LogP contribution in [0.15, 0.2) is 36.4 Å². The van der Waals surface area contributed by atoms with E-state index in [1.54, 1.807) is 39.0 Å². The van der Waals surface area contributed by atoms with Gasteiger partial charge in [-0.2, -0.15) is 0 Å². The highest BCUT2D eigenvalue weighted by molar-refractivity contribution is 6.35. The number of carbonyl (C=O) groups is 2. The van der Waals surface area contributed by atoms with E-state index in [1.807, 2.05) is 0 Å². The summed E-state index contributed by atoms with van der Waals surface area (Å²) in [5.41, 5.74) is -0.0804. The highest BCUT2D eigenvalue weighted by Gasteiger charge is 2.28. The van der Waals surface area contributed by atoms with Gasteiger partial charge in [-0.3, -0.25) is 9.59 Å². The van der Waals surface area contributed by atoms with Crippen LogP contribution in [-0.4, -0.2) is 17.9 Å². The van der Waals surface area contributed by atoms with Gasteiger partial charge in [-0.25, -0.2) is 8.78 Å². The Morgan fingerprint density at radius 3 is 2.11 bits per heavy atom. The zero-order valence-electron chi connectivity index (χ0n) is 15.5. The van der Waals surface area contributed by atoms with E-state index < -0.39 is 41.1 Å². The van der Waals surface area contributed by atoms with Gasteiger partial charge in [-0.15, -0.1) is 0 Å². The van der Waals surface area contributed by atoms with Crippen LogP contribution in [-0.2, 0) is 4.79 Å². The van der Waals surface area contributed by atoms with Crippen molar-refractivity contribution in [3.63, 3.8) is 0 Å². The average molecular weight is 429 g/mol. The van der Waals surface area contributed by atoms with Gasteiger partial charge in [-0.05, 0) is 42.7 Å². The Balaban J connectivity index is 2.17. The quantitative estimate of drug-likeness (QED) is 0.686. The van der Waals surface area contributed by atoms with Gasteiger partial charge in [0.2, 0.25) is 5.91 Å². The van der Waals surface area contributed by atoms with Crippen molar-refractivity contribution >= 4 is 35.0 Å². The van der Waals surface area contributed by atoms with E-state index in [4.69, 9.17) is 23.2 Å². The number of hydrogen-bond acceptors (Lipinski definition) is 2. The number of nitrogens with one attached hydrogen (secondary N) is 2. The summed E-state index contributed by atoms with van der Waals surface area (Å²) in [4.78, 5) is 25.0. The molecule has 150 valence electrons. The number of amides is 2. The van der Waals surface area contributed by atoms with Crippen molar-refractivity contribution in [2.45, 2.75) is 32.9 Å². The van der Waals surface area contributed by atoms with E-state index in [1.165, 1.54) is 0 Å². The Morgan fingerprint density at radius 1 is 0.964 bits per heavy atom. The summed E-state index contributed by atoms with van der Waals surface area (Å²) in [7, 11) is 0. The second-order valence-corrected chi connectivity index (χ2v) is 7.53. The lowest BCUT2D eigenvalue weighted by Gasteiger charge is -2.24. The predicted octanol–water partition coefficient (Wildman–Crippen LogP) is 4.90. The molecule has 2 N–H and O–H groups in total. The van der Waals surface area contributed by atoms with Gasteiger partial charge in [0.1, 0.15) is 23.2 Å². The number of rotatable bonds is 6. The van der Waals surface area contributed by atoms with Gasteiger partial charge in [0.15, 0.2) is 0 Å². The summed E-state index contributed by atoms with van der Waals surface area (Å²) in [6.07, 6.45) is 0. The molecule has 0 aliphatic rings. The molecule has 2 amide bonds. The molecule has 0 aliphatic carbocycles. The van der Waals surface area contributed by atoms with Crippen molar-refractivity contribution in [3.05, 3.63) is 69.2 Å². The Hall–Kier alpha value is -2.18. The summed E-state index contributed by atoms with van der Waals surface area (Å²) in [5.74, 6) is -3.82. The van der Waals surface area contributed by atoms with Crippen molar-refractivity contribution < 1.29 is 18.4 Å². The molecule has 0 spiro atoms. The Kier molecular flexibility index (Phi) is 7.38. The molecule has 2 aromatic carbocycles. The first-order valence-electron chi connectivity index (χ1n) is 8.62. The SMILES string of the molecule is CC(NC(=O)C(NC(=O)c1c(F)cccc1F)C(C)C)c1ccc(Cl)cc1Cl. The summed E-state index contributed by atoms with van der Waals surface area (Å²) < 4.78 is 27.7. The van der Waals surface area contributed by atoms with Crippen LogP contribution in [0.1, 0.15) is 42.7 Å². The molecule has 2 rings (SSSR count). The van der Waals surface area contributed by atoms with Crippen molar-refractivity contribution in [1.82, 2.24) is 10.6 Å². The maximum atomic E-state index is 13.8. The second-order valence-electron chi connectivity index (χ2n) is 6.69. The first-order chi connectivity index (χ1) is 13.1. The van der Waals surface area contributed by atoms with Gasteiger partial charge < -0.3 is 10.6 Å². The molecule has 0 fully saturated rings.